The number of hydrogen-bond donors (Lipinski definition) is 0. The van der Waals surface area contributed by atoms with Crippen LogP contribution in [0.5, 0.6) is 0 Å². The lowest BCUT2D eigenvalue weighted by Crippen LogP contribution is -1.87. The Labute approximate surface area is 57.0 Å². The fraction of sp³-hybridized carbons (Fsp3) is 0.778. The summed E-state index contributed by atoms with van der Waals surface area (Å²) in [6, 6.07) is 0. The first-order valence-corrected chi connectivity index (χ1v) is 3.88. The SMILES string of the molecule is CC1(C)[C@@H]2CC=CC[C@@H]21. The molecule has 0 aromatic carbocycles. The van der Waals surface area contributed by atoms with Crippen molar-refractivity contribution in [3.8, 4) is 0 Å². The fourth-order valence-corrected chi connectivity index (χ4v) is 2.28. The summed E-state index contributed by atoms with van der Waals surface area (Å²) in [7, 11) is 0. The van der Waals surface area contributed by atoms with E-state index < -0.39 is 0 Å². The second-order valence-electron chi connectivity index (χ2n) is 3.98. The molecule has 0 bridgehead atoms. The summed E-state index contributed by atoms with van der Waals surface area (Å²) in [6.45, 7) is 4.80. The van der Waals surface area contributed by atoms with Crippen molar-refractivity contribution in [3.05, 3.63) is 12.2 Å². The lowest BCUT2D eigenvalue weighted by atomic mass is 10.1. The maximum atomic E-state index is 2.40. The predicted octanol–water partition coefficient (Wildman–Crippen LogP) is 2.61. The van der Waals surface area contributed by atoms with Crippen LogP contribution in [0.3, 0.4) is 0 Å². The molecule has 0 unspecified atom stereocenters. The van der Waals surface area contributed by atoms with Gasteiger partial charge in [-0.25, -0.2) is 0 Å². The third kappa shape index (κ3) is 0.593. The van der Waals surface area contributed by atoms with Crippen LogP contribution in [0.2, 0.25) is 0 Å². The quantitative estimate of drug-likeness (QED) is 0.433. The summed E-state index contributed by atoms with van der Waals surface area (Å²) < 4.78 is 0. The minimum absolute atomic E-state index is 0.684. The summed E-state index contributed by atoms with van der Waals surface area (Å²) in [4.78, 5) is 0. The topological polar surface area (TPSA) is 0 Å². The Hall–Kier alpha value is -0.260. The molecule has 0 spiro atoms. The first-order chi connectivity index (χ1) is 4.23. The number of fused-ring (bicyclic) bond motifs is 1. The molecule has 2 aliphatic rings. The van der Waals surface area contributed by atoms with Crippen LogP contribution in [0.15, 0.2) is 12.2 Å². The van der Waals surface area contributed by atoms with Gasteiger partial charge < -0.3 is 0 Å². The normalized spacial score (nSPS) is 44.2. The minimum atomic E-state index is 0.684. The Morgan fingerprint density at radius 2 is 1.56 bits per heavy atom. The van der Waals surface area contributed by atoms with Gasteiger partial charge >= 0.3 is 0 Å². The largest absolute Gasteiger partial charge is 0.0882 e. The molecule has 2 rings (SSSR count). The monoisotopic (exact) mass is 122 g/mol. The minimum Gasteiger partial charge on any atom is -0.0882 e. The van der Waals surface area contributed by atoms with Crippen LogP contribution >= 0.6 is 0 Å². The van der Waals surface area contributed by atoms with Crippen LogP contribution in [0, 0.1) is 17.3 Å². The molecule has 0 heterocycles. The zero-order chi connectivity index (χ0) is 6.48. The van der Waals surface area contributed by atoms with Crippen molar-refractivity contribution in [3.63, 3.8) is 0 Å². The van der Waals surface area contributed by atoms with Gasteiger partial charge in [0.2, 0.25) is 0 Å². The smallest absolute Gasteiger partial charge is 0.0286 e. The van der Waals surface area contributed by atoms with Gasteiger partial charge in [-0.05, 0) is 30.1 Å². The fourth-order valence-electron chi connectivity index (χ4n) is 2.28. The highest BCUT2D eigenvalue weighted by Crippen LogP contribution is 2.63. The summed E-state index contributed by atoms with van der Waals surface area (Å²) in [5.74, 6) is 2.06. The average Bonchev–Trinajstić information content (AvgIpc) is 2.39. The molecular weight excluding hydrogens is 108 g/mol. The molecular formula is C9H14. The van der Waals surface area contributed by atoms with E-state index in [1.165, 1.54) is 12.8 Å². The Morgan fingerprint density at radius 1 is 1.11 bits per heavy atom. The zero-order valence-electron chi connectivity index (χ0n) is 6.22. The van der Waals surface area contributed by atoms with Gasteiger partial charge in [-0.3, -0.25) is 0 Å². The van der Waals surface area contributed by atoms with Crippen molar-refractivity contribution < 1.29 is 0 Å². The van der Waals surface area contributed by atoms with Crippen LogP contribution in [0.1, 0.15) is 26.7 Å². The van der Waals surface area contributed by atoms with Crippen molar-refractivity contribution in [2.45, 2.75) is 26.7 Å². The number of allylic oxidation sites excluding steroid dienone is 2. The van der Waals surface area contributed by atoms with Crippen LogP contribution in [0.25, 0.3) is 0 Å². The van der Waals surface area contributed by atoms with Gasteiger partial charge in [0.1, 0.15) is 0 Å². The molecule has 2 aliphatic carbocycles. The summed E-state index contributed by atoms with van der Waals surface area (Å²) in [5.41, 5.74) is 0.684. The maximum Gasteiger partial charge on any atom is -0.0286 e. The highest BCUT2D eigenvalue weighted by Gasteiger charge is 2.56. The Balaban J connectivity index is 2.14. The zero-order valence-corrected chi connectivity index (χ0v) is 6.22. The third-order valence-electron chi connectivity index (χ3n) is 3.23. The molecule has 9 heavy (non-hydrogen) atoms. The average molecular weight is 122 g/mol. The van der Waals surface area contributed by atoms with Crippen molar-refractivity contribution in [2.75, 3.05) is 0 Å². The molecule has 0 radical (unpaired) electrons. The molecule has 0 aromatic heterocycles. The molecule has 0 aliphatic heterocycles. The van der Waals surface area contributed by atoms with Crippen molar-refractivity contribution in [2.24, 2.45) is 17.3 Å². The van der Waals surface area contributed by atoms with Crippen LogP contribution in [0.4, 0.5) is 0 Å². The van der Waals surface area contributed by atoms with E-state index in [0.29, 0.717) is 5.41 Å². The van der Waals surface area contributed by atoms with Gasteiger partial charge in [-0.2, -0.15) is 0 Å². The standard InChI is InChI=1S/C9H14/c1-9(2)7-5-3-4-6-8(7)9/h3-4,7-8H,5-6H2,1-2H3/t7-,8+. The van der Waals surface area contributed by atoms with Crippen molar-refractivity contribution >= 4 is 0 Å². The van der Waals surface area contributed by atoms with Crippen LogP contribution in [-0.2, 0) is 0 Å². The first-order valence-electron chi connectivity index (χ1n) is 3.88. The van der Waals surface area contributed by atoms with Gasteiger partial charge in [0.05, 0.1) is 0 Å². The van der Waals surface area contributed by atoms with E-state index in [2.05, 4.69) is 26.0 Å². The van der Waals surface area contributed by atoms with E-state index in [1.54, 1.807) is 0 Å². The van der Waals surface area contributed by atoms with E-state index in [-0.39, 0.29) is 0 Å². The molecule has 0 saturated heterocycles. The van der Waals surface area contributed by atoms with E-state index in [4.69, 9.17) is 0 Å². The second-order valence-corrected chi connectivity index (χ2v) is 3.98. The van der Waals surface area contributed by atoms with E-state index in [1.807, 2.05) is 0 Å². The molecule has 50 valence electrons. The van der Waals surface area contributed by atoms with E-state index >= 15 is 0 Å². The highest BCUT2D eigenvalue weighted by atomic mass is 14.6. The molecule has 0 aromatic rings. The van der Waals surface area contributed by atoms with Gasteiger partial charge in [-0.1, -0.05) is 26.0 Å². The molecule has 0 amide bonds. The summed E-state index contributed by atoms with van der Waals surface area (Å²) in [6.07, 6.45) is 7.38. The molecule has 1 saturated carbocycles. The molecule has 0 N–H and O–H groups in total. The predicted molar refractivity (Wildman–Crippen MR) is 39.1 cm³/mol. The van der Waals surface area contributed by atoms with Crippen molar-refractivity contribution in [1.29, 1.82) is 0 Å². The lowest BCUT2D eigenvalue weighted by molar-refractivity contribution is 0.544. The summed E-state index contributed by atoms with van der Waals surface area (Å²) >= 11 is 0. The van der Waals surface area contributed by atoms with Gasteiger partial charge in [0, 0.05) is 0 Å². The van der Waals surface area contributed by atoms with Gasteiger partial charge in [0.25, 0.3) is 0 Å². The molecule has 0 nitrogen and oxygen atoms in total. The highest BCUT2D eigenvalue weighted by molar-refractivity contribution is 5.13. The van der Waals surface area contributed by atoms with Crippen LogP contribution in [-0.4, -0.2) is 0 Å². The van der Waals surface area contributed by atoms with E-state index in [9.17, 15) is 0 Å². The number of hydrogen-bond acceptors (Lipinski definition) is 0. The first kappa shape index (κ1) is 5.52. The molecule has 1 fully saturated rings. The number of rotatable bonds is 0. The van der Waals surface area contributed by atoms with Gasteiger partial charge in [-0.15, -0.1) is 0 Å². The Kier molecular flexibility index (Phi) is 0.870. The maximum absolute atomic E-state index is 2.40. The Morgan fingerprint density at radius 3 is 1.89 bits per heavy atom. The lowest BCUT2D eigenvalue weighted by Gasteiger charge is -1.96. The third-order valence-corrected chi connectivity index (χ3v) is 3.23. The van der Waals surface area contributed by atoms with E-state index in [0.717, 1.165) is 11.8 Å². The van der Waals surface area contributed by atoms with Crippen molar-refractivity contribution in [1.82, 2.24) is 0 Å². The van der Waals surface area contributed by atoms with Crippen LogP contribution < -0.4 is 0 Å². The summed E-state index contributed by atoms with van der Waals surface area (Å²) in [5, 5.41) is 0. The molecule has 0 heteroatoms. The second kappa shape index (κ2) is 1.42. The molecule has 2 atom stereocenters. The Bertz CT molecular complexity index is 137. The van der Waals surface area contributed by atoms with Gasteiger partial charge in [0.15, 0.2) is 0 Å².